The largest absolute Gasteiger partial charge is 0.339 e. The minimum Gasteiger partial charge on any atom is -0.339 e. The lowest BCUT2D eigenvalue weighted by atomic mass is 9.99. The van der Waals surface area contributed by atoms with Gasteiger partial charge in [0.1, 0.15) is 0 Å². The first kappa shape index (κ1) is 14.3. The molecular weight excluding hydrogens is 285 g/mol. The van der Waals surface area contributed by atoms with E-state index in [1.807, 2.05) is 13.8 Å². The molecule has 0 saturated heterocycles. The number of nitrogens with two attached hydrogens (primary N) is 1. The van der Waals surface area contributed by atoms with Crippen LogP contribution in [0.2, 0.25) is 10.0 Å². The van der Waals surface area contributed by atoms with Crippen LogP contribution in [0.3, 0.4) is 0 Å². The van der Waals surface area contributed by atoms with Crippen LogP contribution in [-0.4, -0.2) is 16.2 Å². The summed E-state index contributed by atoms with van der Waals surface area (Å²) < 4.78 is 5.29. The van der Waals surface area contributed by atoms with Gasteiger partial charge in [0.05, 0.1) is 16.0 Å². The monoisotopic (exact) mass is 299 g/mol. The molecule has 0 fully saturated rings. The summed E-state index contributed by atoms with van der Waals surface area (Å²) in [6.45, 7) is 3.97. The molecule has 102 valence electrons. The minimum absolute atomic E-state index is 0.0351. The molecule has 2 unspecified atom stereocenters. The number of aromatic nitrogens is 2. The first-order valence-corrected chi connectivity index (χ1v) is 6.83. The standard InChI is InChI=1S/C13H15Cl2N3O/c1-3-9(7(2)16)13-17-12(18-19-13)8-4-5-10(14)11(15)6-8/h4-7,9H,3,16H2,1-2H3. The summed E-state index contributed by atoms with van der Waals surface area (Å²) in [5, 5.41) is 4.92. The normalized spacial score (nSPS) is 14.4. The fourth-order valence-corrected chi connectivity index (χ4v) is 2.21. The molecule has 1 aromatic heterocycles. The molecule has 2 aromatic rings. The second kappa shape index (κ2) is 5.90. The van der Waals surface area contributed by atoms with Gasteiger partial charge in [0, 0.05) is 11.6 Å². The van der Waals surface area contributed by atoms with Gasteiger partial charge in [-0.05, 0) is 31.5 Å². The van der Waals surface area contributed by atoms with Gasteiger partial charge < -0.3 is 10.3 Å². The maximum Gasteiger partial charge on any atom is 0.231 e. The fourth-order valence-electron chi connectivity index (χ4n) is 1.91. The molecule has 0 amide bonds. The van der Waals surface area contributed by atoms with Crippen LogP contribution in [0, 0.1) is 0 Å². The van der Waals surface area contributed by atoms with Crippen molar-refractivity contribution in [2.75, 3.05) is 0 Å². The van der Waals surface area contributed by atoms with Gasteiger partial charge in [-0.3, -0.25) is 0 Å². The first-order chi connectivity index (χ1) is 9.02. The Hall–Kier alpha value is -1.10. The van der Waals surface area contributed by atoms with Crippen LogP contribution in [0.25, 0.3) is 11.4 Å². The predicted octanol–water partition coefficient (Wildman–Crippen LogP) is 3.88. The van der Waals surface area contributed by atoms with Gasteiger partial charge in [0.25, 0.3) is 0 Å². The zero-order chi connectivity index (χ0) is 14.0. The summed E-state index contributed by atoms with van der Waals surface area (Å²) in [5.41, 5.74) is 6.67. The van der Waals surface area contributed by atoms with Gasteiger partial charge in [-0.15, -0.1) is 0 Å². The van der Waals surface area contributed by atoms with E-state index >= 15 is 0 Å². The fraction of sp³-hybridized carbons (Fsp3) is 0.385. The molecule has 2 rings (SSSR count). The second-order valence-corrected chi connectivity index (χ2v) is 5.27. The quantitative estimate of drug-likeness (QED) is 0.930. The Balaban J connectivity index is 2.32. The average molecular weight is 300 g/mol. The minimum atomic E-state index is -0.0351. The van der Waals surface area contributed by atoms with Gasteiger partial charge in [-0.1, -0.05) is 35.3 Å². The van der Waals surface area contributed by atoms with E-state index in [1.54, 1.807) is 18.2 Å². The number of hydrogen-bond acceptors (Lipinski definition) is 4. The van der Waals surface area contributed by atoms with Gasteiger partial charge in [0.15, 0.2) is 0 Å². The zero-order valence-electron chi connectivity index (χ0n) is 10.7. The van der Waals surface area contributed by atoms with Crippen LogP contribution in [0.1, 0.15) is 32.1 Å². The smallest absolute Gasteiger partial charge is 0.231 e. The number of rotatable bonds is 4. The highest BCUT2D eigenvalue weighted by Gasteiger charge is 2.21. The number of hydrogen-bond donors (Lipinski definition) is 1. The van der Waals surface area contributed by atoms with Crippen molar-refractivity contribution >= 4 is 23.2 Å². The van der Waals surface area contributed by atoms with E-state index in [1.165, 1.54) is 0 Å². The summed E-state index contributed by atoms with van der Waals surface area (Å²) in [4.78, 5) is 4.38. The Morgan fingerprint density at radius 1 is 1.32 bits per heavy atom. The molecule has 0 aliphatic rings. The number of halogens is 2. The van der Waals surface area contributed by atoms with Crippen molar-refractivity contribution in [3.05, 3.63) is 34.1 Å². The van der Waals surface area contributed by atoms with Crippen molar-refractivity contribution in [3.63, 3.8) is 0 Å². The molecular formula is C13H15Cl2N3O. The van der Waals surface area contributed by atoms with Crippen LogP contribution >= 0.6 is 23.2 Å². The Morgan fingerprint density at radius 2 is 2.05 bits per heavy atom. The Morgan fingerprint density at radius 3 is 2.63 bits per heavy atom. The van der Waals surface area contributed by atoms with Crippen LogP contribution in [0.15, 0.2) is 22.7 Å². The highest BCUT2D eigenvalue weighted by atomic mass is 35.5. The topological polar surface area (TPSA) is 64.9 Å². The van der Waals surface area contributed by atoms with Crippen molar-refractivity contribution in [3.8, 4) is 11.4 Å². The average Bonchev–Trinajstić information content (AvgIpc) is 2.82. The van der Waals surface area contributed by atoms with Crippen molar-refractivity contribution < 1.29 is 4.52 Å². The first-order valence-electron chi connectivity index (χ1n) is 6.07. The third-order valence-electron chi connectivity index (χ3n) is 3.01. The molecule has 0 radical (unpaired) electrons. The molecule has 0 aliphatic heterocycles. The van der Waals surface area contributed by atoms with Crippen molar-refractivity contribution in [2.24, 2.45) is 5.73 Å². The van der Waals surface area contributed by atoms with Crippen LogP contribution < -0.4 is 5.73 Å². The molecule has 19 heavy (non-hydrogen) atoms. The van der Waals surface area contributed by atoms with E-state index in [4.69, 9.17) is 33.5 Å². The molecule has 0 aliphatic carbocycles. The van der Waals surface area contributed by atoms with Gasteiger partial charge >= 0.3 is 0 Å². The van der Waals surface area contributed by atoms with E-state index in [0.717, 1.165) is 12.0 Å². The van der Waals surface area contributed by atoms with E-state index in [-0.39, 0.29) is 12.0 Å². The lowest BCUT2D eigenvalue weighted by molar-refractivity contribution is 0.334. The summed E-state index contributed by atoms with van der Waals surface area (Å²) in [6, 6.07) is 5.19. The molecule has 2 atom stereocenters. The van der Waals surface area contributed by atoms with E-state index in [2.05, 4.69) is 10.1 Å². The maximum absolute atomic E-state index is 5.97. The third-order valence-corrected chi connectivity index (χ3v) is 3.75. The van der Waals surface area contributed by atoms with Crippen molar-refractivity contribution in [1.82, 2.24) is 10.1 Å². The van der Waals surface area contributed by atoms with Crippen molar-refractivity contribution in [1.29, 1.82) is 0 Å². The van der Waals surface area contributed by atoms with Crippen molar-refractivity contribution in [2.45, 2.75) is 32.2 Å². The molecule has 4 nitrogen and oxygen atoms in total. The lowest BCUT2D eigenvalue weighted by Crippen LogP contribution is -2.24. The van der Waals surface area contributed by atoms with Crippen LogP contribution in [-0.2, 0) is 0 Å². The SMILES string of the molecule is CCC(c1nc(-c2ccc(Cl)c(Cl)c2)no1)C(C)N. The highest BCUT2D eigenvalue weighted by molar-refractivity contribution is 6.42. The predicted molar refractivity (Wildman–Crippen MR) is 76.4 cm³/mol. The molecule has 2 N–H and O–H groups in total. The summed E-state index contributed by atoms with van der Waals surface area (Å²) in [7, 11) is 0. The van der Waals surface area contributed by atoms with Gasteiger partial charge in [-0.25, -0.2) is 0 Å². The maximum atomic E-state index is 5.97. The Bertz CT molecular complexity index is 569. The van der Waals surface area contributed by atoms with Crippen LogP contribution in [0.4, 0.5) is 0 Å². The summed E-state index contributed by atoms with van der Waals surface area (Å²) in [5.74, 6) is 1.11. The zero-order valence-corrected chi connectivity index (χ0v) is 12.2. The van der Waals surface area contributed by atoms with Gasteiger partial charge in [-0.2, -0.15) is 4.98 Å². The van der Waals surface area contributed by atoms with E-state index in [9.17, 15) is 0 Å². The highest BCUT2D eigenvalue weighted by Crippen LogP contribution is 2.28. The van der Waals surface area contributed by atoms with E-state index in [0.29, 0.717) is 21.8 Å². The summed E-state index contributed by atoms with van der Waals surface area (Å²) in [6.07, 6.45) is 0.848. The second-order valence-electron chi connectivity index (χ2n) is 4.46. The summed E-state index contributed by atoms with van der Waals surface area (Å²) >= 11 is 11.8. The molecule has 6 heteroatoms. The number of benzene rings is 1. The van der Waals surface area contributed by atoms with Crippen LogP contribution in [0.5, 0.6) is 0 Å². The molecule has 0 spiro atoms. The Labute approximate surface area is 121 Å². The number of nitrogens with zero attached hydrogens (tertiary/aromatic N) is 2. The molecule has 0 bridgehead atoms. The molecule has 0 saturated carbocycles. The van der Waals surface area contributed by atoms with E-state index < -0.39 is 0 Å². The molecule has 1 heterocycles. The third kappa shape index (κ3) is 3.08. The Kier molecular flexibility index (Phi) is 4.45. The van der Waals surface area contributed by atoms with Gasteiger partial charge in [0.2, 0.25) is 11.7 Å². The molecule has 1 aromatic carbocycles. The lowest BCUT2D eigenvalue weighted by Gasteiger charge is -2.13.